The van der Waals surface area contributed by atoms with Crippen LogP contribution < -0.4 is 19.6 Å². The van der Waals surface area contributed by atoms with Gasteiger partial charge in [-0.05, 0) is 56.1 Å². The number of aromatic hydroxyl groups is 1. The minimum Gasteiger partial charge on any atom is -0.507 e. The number of halogens is 2. The first-order valence-corrected chi connectivity index (χ1v) is 8.88. The monoisotopic (exact) mass is 486 g/mol. The fourth-order valence-electron chi connectivity index (χ4n) is 1.90. The Hall–Kier alpha value is -2.26. The second kappa shape index (κ2) is 9.44. The van der Waals surface area contributed by atoms with E-state index in [4.69, 9.17) is 14.2 Å². The molecule has 2 aromatic rings. The summed E-state index contributed by atoms with van der Waals surface area (Å²) in [6.07, 6.45) is 1.33. The van der Waals surface area contributed by atoms with Gasteiger partial charge in [-0.25, -0.2) is 5.43 Å². The van der Waals surface area contributed by atoms with E-state index in [-0.39, 0.29) is 12.4 Å². The Morgan fingerprint density at radius 1 is 1.15 bits per heavy atom. The second-order valence-corrected chi connectivity index (χ2v) is 6.64. The molecule has 26 heavy (non-hydrogen) atoms. The summed E-state index contributed by atoms with van der Waals surface area (Å²) in [7, 11) is 3.06. The summed E-state index contributed by atoms with van der Waals surface area (Å²) in [5, 5.41) is 13.6. The molecule has 0 bridgehead atoms. The molecule has 0 fully saturated rings. The third kappa shape index (κ3) is 5.37. The number of phenols is 1. The summed E-state index contributed by atoms with van der Waals surface area (Å²) in [5.74, 6) is 1.17. The molecule has 0 aromatic heterocycles. The fraction of sp³-hybridized carbons (Fsp3) is 0.176. The molecular formula is C17H16Br2N2O5. The zero-order valence-corrected chi connectivity index (χ0v) is 17.1. The minimum atomic E-state index is -0.455. The van der Waals surface area contributed by atoms with Crippen molar-refractivity contribution >= 4 is 44.0 Å². The van der Waals surface area contributed by atoms with Crippen LogP contribution in [0.2, 0.25) is 0 Å². The molecule has 0 spiro atoms. The van der Waals surface area contributed by atoms with Crippen LogP contribution in [0.1, 0.15) is 5.56 Å². The lowest BCUT2D eigenvalue weighted by atomic mass is 10.2. The predicted octanol–water partition coefficient (Wildman–Crippen LogP) is 3.46. The molecule has 0 atom stereocenters. The Morgan fingerprint density at radius 2 is 1.81 bits per heavy atom. The first-order valence-electron chi connectivity index (χ1n) is 7.29. The van der Waals surface area contributed by atoms with Gasteiger partial charge in [0.25, 0.3) is 5.91 Å². The van der Waals surface area contributed by atoms with Crippen LogP contribution in [0.25, 0.3) is 0 Å². The van der Waals surface area contributed by atoms with Gasteiger partial charge >= 0.3 is 0 Å². The number of ether oxygens (including phenoxy) is 3. The first-order chi connectivity index (χ1) is 12.4. The van der Waals surface area contributed by atoms with E-state index in [1.54, 1.807) is 31.4 Å². The molecule has 7 nitrogen and oxygen atoms in total. The zero-order valence-electron chi connectivity index (χ0n) is 14.0. The quantitative estimate of drug-likeness (QED) is 0.461. The van der Waals surface area contributed by atoms with E-state index in [0.29, 0.717) is 31.8 Å². The summed E-state index contributed by atoms with van der Waals surface area (Å²) in [6, 6.07) is 8.19. The largest absolute Gasteiger partial charge is 0.507 e. The van der Waals surface area contributed by atoms with Gasteiger partial charge in [-0.1, -0.05) is 0 Å². The standard InChI is InChI=1S/C17H16Br2N2O5/c1-24-11-4-3-10(15(22)7-11)8-20-21-16(23)9-26-17-13(18)5-12(25-2)6-14(17)19/h3-8,22H,9H2,1-2H3,(H,21,23)/b20-8-. The van der Waals surface area contributed by atoms with Gasteiger partial charge in [-0.2, -0.15) is 5.10 Å². The average Bonchev–Trinajstić information content (AvgIpc) is 2.62. The Bertz CT molecular complexity index is 804. The summed E-state index contributed by atoms with van der Waals surface area (Å²) >= 11 is 6.71. The van der Waals surface area contributed by atoms with Crippen molar-refractivity contribution in [3.05, 3.63) is 44.8 Å². The highest BCUT2D eigenvalue weighted by atomic mass is 79.9. The molecule has 138 valence electrons. The van der Waals surface area contributed by atoms with Crippen molar-refractivity contribution in [1.29, 1.82) is 0 Å². The maximum absolute atomic E-state index is 11.8. The van der Waals surface area contributed by atoms with Crippen molar-refractivity contribution in [1.82, 2.24) is 5.43 Å². The number of benzene rings is 2. The van der Waals surface area contributed by atoms with E-state index in [1.807, 2.05) is 0 Å². The lowest BCUT2D eigenvalue weighted by Crippen LogP contribution is -2.24. The number of nitrogens with zero attached hydrogens (tertiary/aromatic N) is 1. The molecule has 9 heteroatoms. The number of hydrazone groups is 1. The zero-order chi connectivity index (χ0) is 19.1. The van der Waals surface area contributed by atoms with Crippen LogP contribution in [0.3, 0.4) is 0 Å². The summed E-state index contributed by atoms with van der Waals surface area (Å²) in [4.78, 5) is 11.8. The molecule has 0 aliphatic carbocycles. The van der Waals surface area contributed by atoms with Gasteiger partial charge in [-0.15, -0.1) is 0 Å². The highest BCUT2D eigenvalue weighted by molar-refractivity contribution is 9.11. The summed E-state index contributed by atoms with van der Waals surface area (Å²) in [6.45, 7) is -0.241. The molecule has 2 rings (SSSR count). The van der Waals surface area contributed by atoms with Crippen LogP contribution in [0.4, 0.5) is 0 Å². The summed E-state index contributed by atoms with van der Waals surface area (Å²) in [5.41, 5.74) is 2.76. The van der Waals surface area contributed by atoms with Crippen LogP contribution in [-0.4, -0.2) is 38.1 Å². The van der Waals surface area contributed by atoms with Gasteiger partial charge < -0.3 is 19.3 Å². The SMILES string of the molecule is COc1ccc(/C=N\NC(=O)COc2c(Br)cc(OC)cc2Br)c(O)c1. The van der Waals surface area contributed by atoms with Crippen LogP contribution in [0.15, 0.2) is 44.4 Å². The van der Waals surface area contributed by atoms with E-state index in [2.05, 4.69) is 42.4 Å². The van der Waals surface area contributed by atoms with E-state index in [9.17, 15) is 9.90 Å². The van der Waals surface area contributed by atoms with Crippen molar-refractivity contribution < 1.29 is 24.1 Å². The maximum atomic E-state index is 11.8. The number of methoxy groups -OCH3 is 2. The third-order valence-corrected chi connectivity index (χ3v) is 4.36. The number of hydrogen-bond donors (Lipinski definition) is 2. The van der Waals surface area contributed by atoms with Gasteiger partial charge in [0.1, 0.15) is 23.0 Å². The van der Waals surface area contributed by atoms with Crippen molar-refractivity contribution in [2.45, 2.75) is 0 Å². The van der Waals surface area contributed by atoms with E-state index < -0.39 is 5.91 Å². The highest BCUT2D eigenvalue weighted by Crippen LogP contribution is 2.37. The number of rotatable bonds is 7. The molecule has 1 amide bonds. The van der Waals surface area contributed by atoms with Gasteiger partial charge in [0, 0.05) is 11.6 Å². The normalized spacial score (nSPS) is 10.6. The second-order valence-electron chi connectivity index (χ2n) is 4.93. The van der Waals surface area contributed by atoms with Crippen molar-refractivity contribution in [3.63, 3.8) is 0 Å². The molecule has 0 radical (unpaired) electrons. The van der Waals surface area contributed by atoms with Crippen LogP contribution in [0.5, 0.6) is 23.0 Å². The summed E-state index contributed by atoms with van der Waals surface area (Å²) < 4.78 is 16.9. The Kier molecular flexibility index (Phi) is 7.28. The smallest absolute Gasteiger partial charge is 0.277 e. The van der Waals surface area contributed by atoms with Crippen molar-refractivity contribution in [3.8, 4) is 23.0 Å². The Morgan fingerprint density at radius 3 is 2.38 bits per heavy atom. The number of hydrogen-bond acceptors (Lipinski definition) is 6. The van der Waals surface area contributed by atoms with Crippen LogP contribution >= 0.6 is 31.9 Å². The number of phenolic OH excluding ortho intramolecular Hbond substituents is 1. The minimum absolute atomic E-state index is 0.00954. The number of amides is 1. The van der Waals surface area contributed by atoms with E-state index in [0.717, 1.165) is 0 Å². The molecule has 2 aromatic carbocycles. The number of carbonyl (C=O) groups excluding carboxylic acids is 1. The highest BCUT2D eigenvalue weighted by Gasteiger charge is 2.11. The van der Waals surface area contributed by atoms with Crippen LogP contribution in [-0.2, 0) is 4.79 Å². The van der Waals surface area contributed by atoms with Crippen molar-refractivity contribution in [2.24, 2.45) is 5.10 Å². The van der Waals surface area contributed by atoms with Gasteiger partial charge in [0.15, 0.2) is 6.61 Å². The van der Waals surface area contributed by atoms with Crippen LogP contribution in [0, 0.1) is 0 Å². The van der Waals surface area contributed by atoms with Crippen molar-refractivity contribution in [2.75, 3.05) is 20.8 Å². The maximum Gasteiger partial charge on any atom is 0.277 e. The Balaban J connectivity index is 1.92. The molecule has 0 saturated carbocycles. The van der Waals surface area contributed by atoms with Gasteiger partial charge in [-0.3, -0.25) is 4.79 Å². The lowest BCUT2D eigenvalue weighted by molar-refractivity contribution is -0.123. The molecule has 2 N–H and O–H groups in total. The predicted molar refractivity (Wildman–Crippen MR) is 104 cm³/mol. The topological polar surface area (TPSA) is 89.4 Å². The van der Waals surface area contributed by atoms with Gasteiger partial charge in [0.2, 0.25) is 0 Å². The molecule has 0 aliphatic rings. The Labute approximate surface area is 167 Å². The number of carbonyl (C=O) groups is 1. The third-order valence-electron chi connectivity index (χ3n) is 3.19. The lowest BCUT2D eigenvalue weighted by Gasteiger charge is -2.11. The molecule has 0 unspecified atom stereocenters. The molecule has 0 saturated heterocycles. The van der Waals surface area contributed by atoms with Gasteiger partial charge in [0.05, 0.1) is 29.4 Å². The number of nitrogens with one attached hydrogen (secondary N) is 1. The molecule has 0 heterocycles. The molecule has 0 aliphatic heterocycles. The van der Waals surface area contributed by atoms with E-state index >= 15 is 0 Å². The average molecular weight is 488 g/mol. The molecular weight excluding hydrogens is 472 g/mol. The fourth-order valence-corrected chi connectivity index (χ4v) is 3.27. The van der Waals surface area contributed by atoms with E-state index in [1.165, 1.54) is 19.4 Å². The first kappa shape index (κ1) is 20.1.